The largest absolute Gasteiger partial charge is 0.452 e. The Hall–Kier alpha value is -2.90. The molecule has 176 valence electrons. The number of alkyl halides is 2. The molecule has 1 aliphatic heterocycles. The Bertz CT molecular complexity index is 1150. The van der Waals surface area contributed by atoms with Crippen molar-refractivity contribution < 1.29 is 23.9 Å². The highest BCUT2D eigenvalue weighted by molar-refractivity contribution is 6.32. The molecule has 1 heterocycles. The van der Waals surface area contributed by atoms with Gasteiger partial charge in [0.25, 0.3) is 5.91 Å². The number of imide groups is 1. The van der Waals surface area contributed by atoms with Gasteiger partial charge in [0.2, 0.25) is 11.8 Å². The Morgan fingerprint density at radius 2 is 1.62 bits per heavy atom. The van der Waals surface area contributed by atoms with Gasteiger partial charge in [-0.15, -0.1) is 23.2 Å². The highest BCUT2D eigenvalue weighted by atomic mass is 35.5. The monoisotopic (exact) mass is 500 g/mol. The molecule has 2 bridgehead atoms. The third-order valence-corrected chi connectivity index (χ3v) is 8.30. The number of rotatable bonds is 5. The molecular formula is C25H22Cl2N2O5. The molecular weight excluding hydrogens is 479 g/mol. The molecule has 0 spiro atoms. The number of nitrogens with one attached hydrogen (secondary N) is 1. The van der Waals surface area contributed by atoms with E-state index in [0.717, 1.165) is 5.56 Å². The minimum Gasteiger partial charge on any atom is -0.452 e. The van der Waals surface area contributed by atoms with Crippen LogP contribution in [-0.2, 0) is 19.1 Å². The van der Waals surface area contributed by atoms with E-state index in [2.05, 4.69) is 5.32 Å². The number of nitrogens with zero attached hydrogens (tertiary/aromatic N) is 1. The molecule has 2 aliphatic carbocycles. The number of halogens is 2. The maximum absolute atomic E-state index is 13.1. The summed E-state index contributed by atoms with van der Waals surface area (Å²) in [6.45, 7) is 1.46. The number of hydrogen-bond acceptors (Lipinski definition) is 5. The van der Waals surface area contributed by atoms with E-state index in [9.17, 15) is 19.2 Å². The summed E-state index contributed by atoms with van der Waals surface area (Å²) in [6, 6.07) is 13.3. The van der Waals surface area contributed by atoms with Crippen molar-refractivity contribution in [3.05, 3.63) is 59.7 Å². The number of fused-ring (bicyclic) bond motifs is 5. The first-order valence-corrected chi connectivity index (χ1v) is 11.9. The quantitative estimate of drug-likeness (QED) is 0.383. The molecule has 0 unspecified atom stereocenters. The molecule has 1 saturated heterocycles. The van der Waals surface area contributed by atoms with Crippen LogP contribution in [0.1, 0.15) is 22.3 Å². The van der Waals surface area contributed by atoms with Crippen LogP contribution < -0.4 is 10.2 Å². The number of ether oxygens (including phenoxy) is 1. The fraction of sp³-hybridized carbons (Fsp3) is 0.360. The fourth-order valence-electron chi connectivity index (χ4n) is 5.48. The van der Waals surface area contributed by atoms with Gasteiger partial charge in [-0.2, -0.15) is 0 Å². The summed E-state index contributed by atoms with van der Waals surface area (Å²) < 4.78 is 5.09. The molecule has 2 aromatic carbocycles. The Kier molecular flexibility index (Phi) is 5.86. The molecule has 3 amide bonds. The molecule has 0 radical (unpaired) electrons. The summed E-state index contributed by atoms with van der Waals surface area (Å²) in [7, 11) is 0. The van der Waals surface area contributed by atoms with Gasteiger partial charge >= 0.3 is 5.97 Å². The standard InChI is InChI=1S/C25H22Cl2N2O5/c1-12-3-2-4-14(9-12)28-18(30)11-34-25(33)13-5-7-15(8-6-13)29-23(31)19-16-10-17(20(19)24(29)32)22(27)21(16)26/h2-9,16-17,19-22H,10-11H2,1H3,(H,28,30)/t16-,17-,19-,20+,21-,22+/m1/s1. The lowest BCUT2D eigenvalue weighted by Gasteiger charge is -2.28. The second-order valence-corrected chi connectivity index (χ2v) is 10.1. The lowest BCUT2D eigenvalue weighted by molar-refractivity contribution is -0.123. The van der Waals surface area contributed by atoms with E-state index in [0.29, 0.717) is 17.8 Å². The lowest BCUT2D eigenvalue weighted by atomic mass is 9.80. The normalized spacial score (nSPS) is 29.3. The van der Waals surface area contributed by atoms with Crippen LogP contribution in [0.5, 0.6) is 0 Å². The Labute approximate surface area is 206 Å². The number of anilines is 2. The Morgan fingerprint density at radius 1 is 1.00 bits per heavy atom. The molecule has 1 N–H and O–H groups in total. The molecule has 7 nitrogen and oxygen atoms in total. The molecule has 3 fully saturated rings. The van der Waals surface area contributed by atoms with Crippen LogP contribution in [-0.4, -0.2) is 41.1 Å². The number of aryl methyl sites for hydroxylation is 1. The summed E-state index contributed by atoms with van der Waals surface area (Å²) >= 11 is 12.8. The number of esters is 1. The van der Waals surface area contributed by atoms with Gasteiger partial charge in [-0.05, 0) is 67.1 Å². The zero-order valence-electron chi connectivity index (χ0n) is 18.2. The maximum atomic E-state index is 13.1. The van der Waals surface area contributed by atoms with Crippen LogP contribution in [0.25, 0.3) is 0 Å². The van der Waals surface area contributed by atoms with Crippen molar-refractivity contribution in [3.63, 3.8) is 0 Å². The van der Waals surface area contributed by atoms with E-state index in [-0.39, 0.29) is 40.0 Å². The van der Waals surface area contributed by atoms with Gasteiger partial charge < -0.3 is 10.1 Å². The van der Waals surface area contributed by atoms with Crippen molar-refractivity contribution in [1.82, 2.24) is 0 Å². The van der Waals surface area contributed by atoms with Gasteiger partial charge in [-0.25, -0.2) is 4.79 Å². The highest BCUT2D eigenvalue weighted by Crippen LogP contribution is 2.59. The van der Waals surface area contributed by atoms with E-state index in [1.54, 1.807) is 12.1 Å². The zero-order chi connectivity index (χ0) is 24.1. The molecule has 9 heteroatoms. The van der Waals surface area contributed by atoms with Crippen LogP contribution >= 0.6 is 23.2 Å². The second kappa shape index (κ2) is 8.71. The molecule has 2 aromatic rings. The predicted molar refractivity (Wildman–Crippen MR) is 127 cm³/mol. The molecule has 3 aliphatic rings. The summed E-state index contributed by atoms with van der Waals surface area (Å²) in [5.74, 6) is -2.74. The number of carbonyl (C=O) groups excluding carboxylic acids is 4. The van der Waals surface area contributed by atoms with Gasteiger partial charge in [0.05, 0.1) is 33.8 Å². The van der Waals surface area contributed by atoms with Gasteiger partial charge in [-0.3, -0.25) is 19.3 Å². The predicted octanol–water partition coefficient (Wildman–Crippen LogP) is 3.76. The smallest absolute Gasteiger partial charge is 0.338 e. The summed E-state index contributed by atoms with van der Waals surface area (Å²) in [5, 5.41) is 2.04. The molecule has 6 atom stereocenters. The van der Waals surface area contributed by atoms with Gasteiger partial charge in [0, 0.05) is 5.69 Å². The average molecular weight is 501 g/mol. The third kappa shape index (κ3) is 3.77. The topological polar surface area (TPSA) is 92.8 Å². The molecule has 5 rings (SSSR count). The van der Waals surface area contributed by atoms with Crippen molar-refractivity contribution in [1.29, 1.82) is 0 Å². The van der Waals surface area contributed by atoms with E-state index in [4.69, 9.17) is 27.9 Å². The van der Waals surface area contributed by atoms with Crippen molar-refractivity contribution in [2.24, 2.45) is 23.7 Å². The van der Waals surface area contributed by atoms with Crippen molar-refractivity contribution in [2.75, 3.05) is 16.8 Å². The number of carbonyl (C=O) groups is 4. The zero-order valence-corrected chi connectivity index (χ0v) is 19.8. The van der Waals surface area contributed by atoms with E-state index in [1.165, 1.54) is 29.2 Å². The number of benzene rings is 2. The van der Waals surface area contributed by atoms with Crippen molar-refractivity contribution >= 4 is 58.3 Å². The maximum Gasteiger partial charge on any atom is 0.338 e. The number of hydrogen-bond donors (Lipinski definition) is 1. The van der Waals surface area contributed by atoms with Crippen LogP contribution in [0.3, 0.4) is 0 Å². The number of amides is 3. The molecule has 0 aromatic heterocycles. The van der Waals surface area contributed by atoms with Crippen LogP contribution in [0.2, 0.25) is 0 Å². The summed E-state index contributed by atoms with van der Waals surface area (Å²) in [5.41, 5.74) is 2.19. The van der Waals surface area contributed by atoms with Crippen LogP contribution in [0, 0.1) is 30.6 Å². The van der Waals surface area contributed by atoms with E-state index < -0.39 is 30.3 Å². The first-order chi connectivity index (χ1) is 16.3. The lowest BCUT2D eigenvalue weighted by Crippen LogP contribution is -2.37. The third-order valence-electron chi connectivity index (χ3n) is 6.98. The van der Waals surface area contributed by atoms with Crippen molar-refractivity contribution in [3.8, 4) is 0 Å². The minimum atomic E-state index is -0.685. The van der Waals surface area contributed by atoms with Gasteiger partial charge in [0.15, 0.2) is 6.61 Å². The SMILES string of the molecule is Cc1cccc(NC(=O)COC(=O)c2ccc(N3C(=O)[C@@H]4[C@H]5C[C@@H]([C@H](Cl)[C@@H]5Cl)[C@@H]4C3=O)cc2)c1. The van der Waals surface area contributed by atoms with Crippen LogP contribution in [0.4, 0.5) is 11.4 Å². The summed E-state index contributed by atoms with van der Waals surface area (Å²) in [6.07, 6.45) is 0.700. The van der Waals surface area contributed by atoms with E-state index in [1.807, 2.05) is 19.1 Å². The molecule has 34 heavy (non-hydrogen) atoms. The second-order valence-electron chi connectivity index (χ2n) is 9.06. The van der Waals surface area contributed by atoms with Gasteiger partial charge in [-0.1, -0.05) is 12.1 Å². The van der Waals surface area contributed by atoms with E-state index >= 15 is 0 Å². The fourth-order valence-corrected chi connectivity index (χ4v) is 6.38. The Morgan fingerprint density at radius 3 is 2.21 bits per heavy atom. The van der Waals surface area contributed by atoms with Crippen LogP contribution in [0.15, 0.2) is 48.5 Å². The molecule has 2 saturated carbocycles. The minimum absolute atomic E-state index is 0.0965. The van der Waals surface area contributed by atoms with Crippen molar-refractivity contribution in [2.45, 2.75) is 24.1 Å². The Balaban J connectivity index is 1.22. The van der Waals surface area contributed by atoms with Gasteiger partial charge in [0.1, 0.15) is 0 Å². The average Bonchev–Trinajstić information content (AvgIpc) is 3.42. The first kappa shape index (κ1) is 22.9. The highest BCUT2D eigenvalue weighted by Gasteiger charge is 2.66. The first-order valence-electron chi connectivity index (χ1n) is 11.1. The summed E-state index contributed by atoms with van der Waals surface area (Å²) in [4.78, 5) is 51.8.